The van der Waals surface area contributed by atoms with Gasteiger partial charge in [0.2, 0.25) is 0 Å². The third-order valence-electron chi connectivity index (χ3n) is 4.11. The molecule has 2 nitrogen and oxygen atoms in total. The van der Waals surface area contributed by atoms with Crippen molar-refractivity contribution in [2.24, 2.45) is 0 Å². The Morgan fingerprint density at radius 3 is 2.85 bits per heavy atom. The molecule has 0 aliphatic carbocycles. The molecule has 104 valence electrons. The van der Waals surface area contributed by atoms with E-state index in [1.165, 1.54) is 24.9 Å². The van der Waals surface area contributed by atoms with Crippen molar-refractivity contribution in [3.05, 3.63) is 53.3 Å². The monoisotopic (exact) mass is 286 g/mol. The molecule has 0 unspecified atom stereocenters. The summed E-state index contributed by atoms with van der Waals surface area (Å²) >= 11 is 6.46. The van der Waals surface area contributed by atoms with Crippen LogP contribution in [0.15, 0.2) is 42.7 Å². The van der Waals surface area contributed by atoms with Gasteiger partial charge in [-0.2, -0.15) is 0 Å². The second-order valence-corrected chi connectivity index (χ2v) is 5.92. The minimum atomic E-state index is 0.670. The van der Waals surface area contributed by atoms with Crippen LogP contribution in [0.25, 0.3) is 11.1 Å². The highest BCUT2D eigenvalue weighted by molar-refractivity contribution is 6.31. The summed E-state index contributed by atoms with van der Waals surface area (Å²) < 4.78 is 0. The zero-order valence-corrected chi connectivity index (χ0v) is 12.5. The highest BCUT2D eigenvalue weighted by Crippen LogP contribution is 2.28. The first kappa shape index (κ1) is 13.6. The van der Waals surface area contributed by atoms with Gasteiger partial charge in [0.1, 0.15) is 0 Å². The molecule has 0 bridgehead atoms. The van der Waals surface area contributed by atoms with Gasteiger partial charge in [-0.1, -0.05) is 29.8 Å². The van der Waals surface area contributed by atoms with Gasteiger partial charge < -0.3 is 0 Å². The number of halogens is 1. The number of hydrogen-bond donors (Lipinski definition) is 0. The molecule has 0 radical (unpaired) electrons. The van der Waals surface area contributed by atoms with Crippen molar-refractivity contribution in [3.8, 4) is 11.1 Å². The highest BCUT2D eigenvalue weighted by atomic mass is 35.5. The Morgan fingerprint density at radius 2 is 2.20 bits per heavy atom. The topological polar surface area (TPSA) is 16.1 Å². The van der Waals surface area contributed by atoms with Crippen LogP contribution >= 0.6 is 11.6 Å². The van der Waals surface area contributed by atoms with Gasteiger partial charge in [0.25, 0.3) is 0 Å². The van der Waals surface area contributed by atoms with Gasteiger partial charge in [-0.3, -0.25) is 9.88 Å². The number of nitrogens with zero attached hydrogens (tertiary/aromatic N) is 2. The molecule has 1 aliphatic rings. The van der Waals surface area contributed by atoms with Crippen LogP contribution in [0.4, 0.5) is 0 Å². The first-order valence-electron chi connectivity index (χ1n) is 7.17. The van der Waals surface area contributed by atoms with Gasteiger partial charge in [-0.15, -0.1) is 0 Å². The number of rotatable bonds is 3. The zero-order valence-electron chi connectivity index (χ0n) is 11.7. The van der Waals surface area contributed by atoms with Crippen molar-refractivity contribution < 1.29 is 0 Å². The normalized spacial score (nSPS) is 19.4. The molecule has 2 heterocycles. The van der Waals surface area contributed by atoms with E-state index in [-0.39, 0.29) is 0 Å². The van der Waals surface area contributed by atoms with E-state index < -0.39 is 0 Å². The Kier molecular flexibility index (Phi) is 4.04. The summed E-state index contributed by atoms with van der Waals surface area (Å²) in [5, 5.41) is 0.852. The third kappa shape index (κ3) is 2.87. The SMILES string of the molecule is C[C@@H]1CCCN1Cc1ccc(-c2cccnc2)cc1Cl. The number of benzene rings is 1. The molecular weight excluding hydrogens is 268 g/mol. The maximum Gasteiger partial charge on any atom is 0.0457 e. The van der Waals surface area contributed by atoms with E-state index in [9.17, 15) is 0 Å². The summed E-state index contributed by atoms with van der Waals surface area (Å²) in [4.78, 5) is 6.66. The summed E-state index contributed by atoms with van der Waals surface area (Å²) in [7, 11) is 0. The maximum atomic E-state index is 6.46. The zero-order chi connectivity index (χ0) is 13.9. The van der Waals surface area contributed by atoms with E-state index in [2.05, 4.69) is 41.1 Å². The second kappa shape index (κ2) is 5.94. The van der Waals surface area contributed by atoms with E-state index in [0.717, 1.165) is 22.7 Å². The fourth-order valence-corrected chi connectivity index (χ4v) is 3.08. The Labute approximate surface area is 125 Å². The average molecular weight is 287 g/mol. The molecule has 2 aromatic rings. The number of hydrogen-bond acceptors (Lipinski definition) is 2. The van der Waals surface area contributed by atoms with Crippen LogP contribution < -0.4 is 0 Å². The Bertz CT molecular complexity index is 583. The molecule has 1 atom stereocenters. The molecular formula is C17H19ClN2. The third-order valence-corrected chi connectivity index (χ3v) is 4.46. The quantitative estimate of drug-likeness (QED) is 0.832. The fraction of sp³-hybridized carbons (Fsp3) is 0.353. The van der Waals surface area contributed by atoms with Crippen molar-refractivity contribution in [2.75, 3.05) is 6.54 Å². The maximum absolute atomic E-state index is 6.46. The predicted octanol–water partition coefficient (Wildman–Crippen LogP) is 4.39. The van der Waals surface area contributed by atoms with Crippen molar-refractivity contribution in [1.29, 1.82) is 0 Å². The number of likely N-dealkylation sites (tertiary alicyclic amines) is 1. The molecule has 1 aromatic carbocycles. The lowest BCUT2D eigenvalue weighted by Gasteiger charge is -2.21. The molecule has 3 heteroatoms. The molecule has 0 spiro atoms. The van der Waals surface area contributed by atoms with Gasteiger partial charge in [-0.25, -0.2) is 0 Å². The first-order valence-corrected chi connectivity index (χ1v) is 7.55. The summed E-state index contributed by atoms with van der Waals surface area (Å²) in [6.07, 6.45) is 6.25. The average Bonchev–Trinajstić information content (AvgIpc) is 2.87. The standard InChI is InChI=1S/C17H19ClN2/c1-13-4-3-9-20(13)12-16-7-6-14(10-17(16)18)15-5-2-8-19-11-15/h2,5-8,10-11,13H,3-4,9,12H2,1H3/t13-/m1/s1. The number of aromatic nitrogens is 1. The molecule has 0 saturated carbocycles. The lowest BCUT2D eigenvalue weighted by Crippen LogP contribution is -2.26. The Hall–Kier alpha value is -1.38. The second-order valence-electron chi connectivity index (χ2n) is 5.51. The van der Waals surface area contributed by atoms with Crippen molar-refractivity contribution in [2.45, 2.75) is 32.4 Å². The summed E-state index contributed by atoms with van der Waals surface area (Å²) in [6, 6.07) is 11.0. The van der Waals surface area contributed by atoms with Crippen LogP contribution in [0, 0.1) is 0 Å². The van der Waals surface area contributed by atoms with Crippen LogP contribution in [-0.2, 0) is 6.54 Å². The largest absolute Gasteiger partial charge is 0.296 e. The molecule has 1 aromatic heterocycles. The van der Waals surface area contributed by atoms with E-state index in [0.29, 0.717) is 6.04 Å². The molecule has 3 rings (SSSR count). The van der Waals surface area contributed by atoms with Crippen molar-refractivity contribution in [3.63, 3.8) is 0 Å². The Morgan fingerprint density at radius 1 is 1.30 bits per heavy atom. The van der Waals surface area contributed by atoms with Gasteiger partial charge in [-0.05, 0) is 49.6 Å². The van der Waals surface area contributed by atoms with Gasteiger partial charge in [0, 0.05) is 35.6 Å². The fourth-order valence-electron chi connectivity index (χ4n) is 2.84. The minimum absolute atomic E-state index is 0.670. The van der Waals surface area contributed by atoms with Crippen molar-refractivity contribution in [1.82, 2.24) is 9.88 Å². The lowest BCUT2D eigenvalue weighted by molar-refractivity contribution is 0.260. The summed E-state index contributed by atoms with van der Waals surface area (Å²) in [5.41, 5.74) is 3.45. The van der Waals surface area contributed by atoms with Crippen molar-refractivity contribution >= 4 is 11.6 Å². The minimum Gasteiger partial charge on any atom is -0.296 e. The number of pyridine rings is 1. The van der Waals surface area contributed by atoms with Crippen LogP contribution in [0.1, 0.15) is 25.3 Å². The van der Waals surface area contributed by atoms with E-state index >= 15 is 0 Å². The smallest absolute Gasteiger partial charge is 0.0457 e. The van der Waals surface area contributed by atoms with Gasteiger partial charge in [0.15, 0.2) is 0 Å². The van der Waals surface area contributed by atoms with E-state index in [1.54, 1.807) is 6.20 Å². The lowest BCUT2D eigenvalue weighted by atomic mass is 10.1. The van der Waals surface area contributed by atoms with Crippen LogP contribution in [-0.4, -0.2) is 22.5 Å². The molecule has 1 fully saturated rings. The molecule has 0 N–H and O–H groups in total. The first-order chi connectivity index (χ1) is 9.74. The van der Waals surface area contributed by atoms with Crippen LogP contribution in [0.2, 0.25) is 5.02 Å². The molecule has 0 amide bonds. The summed E-state index contributed by atoms with van der Waals surface area (Å²) in [6.45, 7) is 4.43. The van der Waals surface area contributed by atoms with Crippen LogP contribution in [0.5, 0.6) is 0 Å². The van der Waals surface area contributed by atoms with Gasteiger partial charge in [0.05, 0.1) is 0 Å². The Balaban J connectivity index is 1.81. The molecule has 1 saturated heterocycles. The van der Waals surface area contributed by atoms with Crippen LogP contribution in [0.3, 0.4) is 0 Å². The molecule has 1 aliphatic heterocycles. The van der Waals surface area contributed by atoms with Gasteiger partial charge >= 0.3 is 0 Å². The highest BCUT2D eigenvalue weighted by Gasteiger charge is 2.20. The summed E-state index contributed by atoms with van der Waals surface area (Å²) in [5.74, 6) is 0. The van der Waals surface area contributed by atoms with E-state index in [4.69, 9.17) is 11.6 Å². The predicted molar refractivity (Wildman–Crippen MR) is 83.8 cm³/mol. The van der Waals surface area contributed by atoms with E-state index in [1.807, 2.05) is 12.3 Å². The molecule has 20 heavy (non-hydrogen) atoms.